The fourth-order valence-corrected chi connectivity index (χ4v) is 4.77. The van der Waals surface area contributed by atoms with Crippen LogP contribution in [0.1, 0.15) is 43.0 Å². The fraction of sp³-hybridized carbons (Fsp3) is 0.619. The Hall–Kier alpha value is -1.53. The van der Waals surface area contributed by atoms with Crippen LogP contribution in [0.3, 0.4) is 0 Å². The predicted octanol–water partition coefficient (Wildman–Crippen LogP) is 2.86. The maximum absolute atomic E-state index is 13.0. The third-order valence-electron chi connectivity index (χ3n) is 5.51. The van der Waals surface area contributed by atoms with E-state index in [0.29, 0.717) is 11.7 Å². The molecule has 1 aromatic carbocycles. The quantitative estimate of drug-likeness (QED) is 0.729. The smallest absolute Gasteiger partial charge is 0.254 e. The van der Waals surface area contributed by atoms with Crippen LogP contribution in [0.4, 0.5) is 0 Å². The van der Waals surface area contributed by atoms with Gasteiger partial charge in [-0.3, -0.25) is 9.59 Å². The molecule has 2 amide bonds. The largest absolute Gasteiger partial charge is 0.342 e. The van der Waals surface area contributed by atoms with Gasteiger partial charge in [0, 0.05) is 31.1 Å². The van der Waals surface area contributed by atoms with Crippen LogP contribution in [-0.4, -0.2) is 66.6 Å². The number of carbonyl (C=O) groups is 2. The van der Waals surface area contributed by atoms with Crippen LogP contribution in [0.5, 0.6) is 0 Å². The molecule has 2 heterocycles. The van der Waals surface area contributed by atoms with Gasteiger partial charge < -0.3 is 15.1 Å². The number of nitrogens with one attached hydrogen (secondary N) is 1. The SMILES string of the molecule is CCNCC1CCN(C(=O)c2ccccc2SCC(=O)N2CCCC2)CC1. The molecule has 0 aromatic heterocycles. The van der Waals surface area contributed by atoms with E-state index in [4.69, 9.17) is 0 Å². The number of nitrogens with zero attached hydrogens (tertiary/aromatic N) is 2. The van der Waals surface area contributed by atoms with Crippen molar-refractivity contribution in [2.45, 2.75) is 37.5 Å². The maximum atomic E-state index is 13.0. The number of hydrogen-bond donors (Lipinski definition) is 1. The highest BCUT2D eigenvalue weighted by molar-refractivity contribution is 8.00. The van der Waals surface area contributed by atoms with E-state index in [1.807, 2.05) is 34.1 Å². The Morgan fingerprint density at radius 2 is 1.78 bits per heavy atom. The highest BCUT2D eigenvalue weighted by Gasteiger charge is 2.25. The second-order valence-corrected chi connectivity index (χ2v) is 8.43. The highest BCUT2D eigenvalue weighted by atomic mass is 32.2. The molecule has 0 bridgehead atoms. The van der Waals surface area contributed by atoms with Gasteiger partial charge in [-0.05, 0) is 56.8 Å². The van der Waals surface area contributed by atoms with E-state index in [9.17, 15) is 9.59 Å². The molecule has 2 fully saturated rings. The summed E-state index contributed by atoms with van der Waals surface area (Å²) in [6, 6.07) is 7.72. The van der Waals surface area contributed by atoms with Gasteiger partial charge in [0.15, 0.2) is 0 Å². The monoisotopic (exact) mass is 389 g/mol. The van der Waals surface area contributed by atoms with Crippen LogP contribution >= 0.6 is 11.8 Å². The molecule has 2 saturated heterocycles. The van der Waals surface area contributed by atoms with Crippen molar-refractivity contribution in [3.8, 4) is 0 Å². The molecule has 0 atom stereocenters. The van der Waals surface area contributed by atoms with Crippen LogP contribution < -0.4 is 5.32 Å². The Kier molecular flexibility index (Phi) is 7.59. The van der Waals surface area contributed by atoms with Crippen molar-refractivity contribution in [1.29, 1.82) is 0 Å². The minimum absolute atomic E-state index is 0.105. The Bertz CT molecular complexity index is 638. The molecule has 0 unspecified atom stereocenters. The van der Waals surface area contributed by atoms with Crippen LogP contribution in [0.2, 0.25) is 0 Å². The van der Waals surface area contributed by atoms with E-state index in [2.05, 4.69) is 12.2 Å². The highest BCUT2D eigenvalue weighted by Crippen LogP contribution is 2.26. The van der Waals surface area contributed by atoms with Gasteiger partial charge in [0.1, 0.15) is 0 Å². The summed E-state index contributed by atoms with van der Waals surface area (Å²) in [5.41, 5.74) is 0.738. The van der Waals surface area contributed by atoms with Crippen molar-refractivity contribution in [3.63, 3.8) is 0 Å². The molecule has 0 aliphatic carbocycles. The van der Waals surface area contributed by atoms with Crippen LogP contribution in [0.25, 0.3) is 0 Å². The normalized spacial score (nSPS) is 18.1. The first-order valence-corrected chi connectivity index (χ1v) is 11.2. The molecule has 148 valence electrons. The molecule has 0 radical (unpaired) electrons. The van der Waals surface area contributed by atoms with E-state index in [-0.39, 0.29) is 11.8 Å². The minimum atomic E-state index is 0.105. The van der Waals surface area contributed by atoms with E-state index in [0.717, 1.165) is 75.4 Å². The first-order valence-electron chi connectivity index (χ1n) is 10.2. The minimum Gasteiger partial charge on any atom is -0.342 e. The molecule has 6 heteroatoms. The molecule has 5 nitrogen and oxygen atoms in total. The average Bonchev–Trinajstić information content (AvgIpc) is 3.25. The summed E-state index contributed by atoms with van der Waals surface area (Å²) in [6.07, 6.45) is 4.33. The lowest BCUT2D eigenvalue weighted by molar-refractivity contribution is -0.127. The van der Waals surface area contributed by atoms with Crippen molar-refractivity contribution >= 4 is 23.6 Å². The first kappa shape index (κ1) is 20.2. The molecule has 0 spiro atoms. The number of hydrogen-bond acceptors (Lipinski definition) is 4. The Balaban J connectivity index is 1.56. The van der Waals surface area contributed by atoms with Crippen LogP contribution in [-0.2, 0) is 4.79 Å². The summed E-state index contributed by atoms with van der Waals surface area (Å²) in [6.45, 7) is 7.57. The van der Waals surface area contributed by atoms with Crippen LogP contribution in [0, 0.1) is 5.92 Å². The number of rotatable bonds is 7. The lowest BCUT2D eigenvalue weighted by atomic mass is 9.96. The van der Waals surface area contributed by atoms with Gasteiger partial charge in [-0.15, -0.1) is 11.8 Å². The van der Waals surface area contributed by atoms with Crippen molar-refractivity contribution in [1.82, 2.24) is 15.1 Å². The van der Waals surface area contributed by atoms with Gasteiger partial charge in [0.05, 0.1) is 11.3 Å². The zero-order valence-corrected chi connectivity index (χ0v) is 17.1. The second kappa shape index (κ2) is 10.1. The number of thioether (sulfide) groups is 1. The van der Waals surface area contributed by atoms with Crippen molar-refractivity contribution in [2.75, 3.05) is 45.0 Å². The standard InChI is InChI=1S/C21H31N3O2S/c1-2-22-15-17-9-13-24(14-10-17)21(26)18-7-3-4-8-19(18)27-16-20(25)23-11-5-6-12-23/h3-4,7-8,17,22H,2,5-6,9-16H2,1H3. The summed E-state index contributed by atoms with van der Waals surface area (Å²) in [4.78, 5) is 30.2. The van der Waals surface area contributed by atoms with Gasteiger partial charge in [0.25, 0.3) is 5.91 Å². The number of likely N-dealkylation sites (tertiary alicyclic amines) is 2. The molecule has 2 aliphatic heterocycles. The molecule has 1 aromatic rings. The van der Waals surface area contributed by atoms with Crippen molar-refractivity contribution in [3.05, 3.63) is 29.8 Å². The Morgan fingerprint density at radius 3 is 2.48 bits per heavy atom. The summed E-state index contributed by atoms with van der Waals surface area (Å²) in [5.74, 6) is 1.36. The molecule has 2 aliphatic rings. The topological polar surface area (TPSA) is 52.7 Å². The average molecular weight is 390 g/mol. The molecule has 1 N–H and O–H groups in total. The lowest BCUT2D eigenvalue weighted by Gasteiger charge is -2.32. The van der Waals surface area contributed by atoms with Gasteiger partial charge in [-0.25, -0.2) is 0 Å². The van der Waals surface area contributed by atoms with Gasteiger partial charge in [-0.1, -0.05) is 19.1 Å². The second-order valence-electron chi connectivity index (χ2n) is 7.42. The molecule has 0 saturated carbocycles. The molecule has 27 heavy (non-hydrogen) atoms. The Labute approximate surface area is 166 Å². The fourth-order valence-electron chi connectivity index (χ4n) is 3.83. The predicted molar refractivity (Wildman–Crippen MR) is 110 cm³/mol. The zero-order valence-electron chi connectivity index (χ0n) is 16.3. The van der Waals surface area contributed by atoms with Crippen molar-refractivity contribution < 1.29 is 9.59 Å². The number of amides is 2. The summed E-state index contributed by atoms with van der Waals surface area (Å²) < 4.78 is 0. The van der Waals surface area contributed by atoms with E-state index in [1.54, 1.807) is 0 Å². The van der Waals surface area contributed by atoms with Crippen LogP contribution in [0.15, 0.2) is 29.2 Å². The van der Waals surface area contributed by atoms with Gasteiger partial charge in [0.2, 0.25) is 5.91 Å². The number of benzene rings is 1. The third kappa shape index (κ3) is 5.48. The van der Waals surface area contributed by atoms with E-state index < -0.39 is 0 Å². The molecule has 3 rings (SSSR count). The van der Waals surface area contributed by atoms with Gasteiger partial charge in [-0.2, -0.15) is 0 Å². The maximum Gasteiger partial charge on any atom is 0.254 e. The lowest BCUT2D eigenvalue weighted by Crippen LogP contribution is -2.41. The first-order chi connectivity index (χ1) is 13.2. The zero-order chi connectivity index (χ0) is 19.1. The number of carbonyl (C=O) groups excluding carboxylic acids is 2. The van der Waals surface area contributed by atoms with Crippen molar-refractivity contribution in [2.24, 2.45) is 5.92 Å². The third-order valence-corrected chi connectivity index (χ3v) is 6.57. The summed E-state index contributed by atoms with van der Waals surface area (Å²) in [7, 11) is 0. The molecular weight excluding hydrogens is 358 g/mol. The molecular formula is C21H31N3O2S. The Morgan fingerprint density at radius 1 is 1.07 bits per heavy atom. The summed E-state index contributed by atoms with van der Waals surface area (Å²) in [5, 5.41) is 3.41. The summed E-state index contributed by atoms with van der Waals surface area (Å²) >= 11 is 1.50. The van der Waals surface area contributed by atoms with E-state index in [1.165, 1.54) is 11.8 Å². The van der Waals surface area contributed by atoms with Gasteiger partial charge >= 0.3 is 0 Å². The van der Waals surface area contributed by atoms with E-state index >= 15 is 0 Å². The number of piperidine rings is 1.